The van der Waals surface area contributed by atoms with Gasteiger partial charge in [-0.1, -0.05) is 49.6 Å². The molecule has 0 spiro atoms. The number of amides is 2. The lowest BCUT2D eigenvalue weighted by molar-refractivity contribution is -0.139. The number of rotatable bonds is 8. The summed E-state index contributed by atoms with van der Waals surface area (Å²) in [6.45, 7) is 3.03. The largest absolute Gasteiger partial charge is 0.343 e. The molecular formula is C24H35N7O2. The van der Waals surface area contributed by atoms with Crippen molar-refractivity contribution in [1.29, 1.82) is 0 Å². The molecule has 2 fully saturated rings. The molecule has 2 aromatic rings. The van der Waals surface area contributed by atoms with Crippen LogP contribution in [0.4, 0.5) is 0 Å². The SMILES string of the molecule is CN[C@@H](C)C(=O)N[C@H](C(=O)N1CCC[C@H]1c1nnnn1Cc1ccccc1)C1CCCCC1. The number of nitrogens with one attached hydrogen (secondary N) is 2. The fraction of sp³-hybridized carbons (Fsp3) is 0.625. The third-order valence-corrected chi connectivity index (χ3v) is 7.08. The van der Waals surface area contributed by atoms with Crippen molar-refractivity contribution in [1.82, 2.24) is 35.7 Å². The van der Waals surface area contributed by atoms with Crippen LogP contribution < -0.4 is 10.6 Å². The summed E-state index contributed by atoms with van der Waals surface area (Å²) in [5, 5.41) is 18.5. The van der Waals surface area contributed by atoms with E-state index in [2.05, 4.69) is 26.2 Å². The van der Waals surface area contributed by atoms with E-state index in [0.717, 1.165) is 44.1 Å². The van der Waals surface area contributed by atoms with Gasteiger partial charge in [-0.15, -0.1) is 5.10 Å². The fourth-order valence-electron chi connectivity index (χ4n) is 5.05. The Labute approximate surface area is 195 Å². The Morgan fingerprint density at radius 1 is 1.09 bits per heavy atom. The lowest BCUT2D eigenvalue weighted by atomic mass is 9.83. The predicted molar refractivity (Wildman–Crippen MR) is 124 cm³/mol. The summed E-state index contributed by atoms with van der Waals surface area (Å²) in [7, 11) is 1.75. The molecule has 1 aromatic heterocycles. The van der Waals surface area contributed by atoms with Gasteiger partial charge in [-0.05, 0) is 61.6 Å². The maximum Gasteiger partial charge on any atom is 0.246 e. The highest BCUT2D eigenvalue weighted by Crippen LogP contribution is 2.34. The average Bonchev–Trinajstić information content (AvgIpc) is 3.52. The number of hydrogen-bond acceptors (Lipinski definition) is 6. The molecule has 178 valence electrons. The van der Waals surface area contributed by atoms with Crippen molar-refractivity contribution in [2.45, 2.75) is 76.5 Å². The van der Waals surface area contributed by atoms with Gasteiger partial charge in [0.05, 0.1) is 18.6 Å². The Hall–Kier alpha value is -2.81. The van der Waals surface area contributed by atoms with E-state index in [-0.39, 0.29) is 29.8 Å². The summed E-state index contributed by atoms with van der Waals surface area (Å²) in [5.41, 5.74) is 1.11. The van der Waals surface area contributed by atoms with E-state index in [4.69, 9.17) is 0 Å². The minimum Gasteiger partial charge on any atom is -0.343 e. The van der Waals surface area contributed by atoms with Gasteiger partial charge in [0.25, 0.3) is 0 Å². The third-order valence-electron chi connectivity index (χ3n) is 7.08. The van der Waals surface area contributed by atoms with Crippen molar-refractivity contribution in [3.8, 4) is 0 Å². The van der Waals surface area contributed by atoms with Gasteiger partial charge in [0.1, 0.15) is 6.04 Å². The van der Waals surface area contributed by atoms with Crippen molar-refractivity contribution in [3.05, 3.63) is 41.7 Å². The molecule has 0 bridgehead atoms. The van der Waals surface area contributed by atoms with E-state index in [1.165, 1.54) is 6.42 Å². The molecule has 0 unspecified atom stereocenters. The molecule has 9 heteroatoms. The van der Waals surface area contributed by atoms with Crippen LogP contribution in [0, 0.1) is 5.92 Å². The van der Waals surface area contributed by atoms with Gasteiger partial charge in [0.15, 0.2) is 5.82 Å². The van der Waals surface area contributed by atoms with Gasteiger partial charge in [0, 0.05) is 6.54 Å². The molecule has 2 heterocycles. The number of likely N-dealkylation sites (N-methyl/N-ethyl adjacent to an activating group) is 1. The van der Waals surface area contributed by atoms with E-state index < -0.39 is 6.04 Å². The molecule has 1 aliphatic heterocycles. The quantitative estimate of drug-likeness (QED) is 0.634. The van der Waals surface area contributed by atoms with Crippen LogP contribution in [-0.2, 0) is 16.1 Å². The number of carbonyl (C=O) groups excluding carboxylic acids is 2. The zero-order valence-corrected chi connectivity index (χ0v) is 19.6. The highest BCUT2D eigenvalue weighted by atomic mass is 16.2. The minimum atomic E-state index is -0.507. The van der Waals surface area contributed by atoms with Crippen molar-refractivity contribution in [2.24, 2.45) is 5.92 Å². The van der Waals surface area contributed by atoms with Crippen molar-refractivity contribution in [2.75, 3.05) is 13.6 Å². The summed E-state index contributed by atoms with van der Waals surface area (Å²) in [6, 6.07) is 9.02. The number of carbonyl (C=O) groups is 2. The maximum atomic E-state index is 13.9. The van der Waals surface area contributed by atoms with E-state index in [1.54, 1.807) is 11.7 Å². The molecule has 2 N–H and O–H groups in total. The van der Waals surface area contributed by atoms with E-state index in [1.807, 2.05) is 42.2 Å². The smallest absolute Gasteiger partial charge is 0.246 e. The first-order valence-electron chi connectivity index (χ1n) is 12.2. The Morgan fingerprint density at radius 3 is 2.58 bits per heavy atom. The van der Waals surface area contributed by atoms with E-state index in [0.29, 0.717) is 18.9 Å². The number of nitrogens with zero attached hydrogens (tertiary/aromatic N) is 5. The number of benzene rings is 1. The van der Waals surface area contributed by atoms with Crippen LogP contribution in [0.1, 0.15) is 69.3 Å². The Balaban J connectivity index is 1.55. The van der Waals surface area contributed by atoms with E-state index in [9.17, 15) is 9.59 Å². The van der Waals surface area contributed by atoms with Gasteiger partial charge >= 0.3 is 0 Å². The molecule has 3 atom stereocenters. The monoisotopic (exact) mass is 453 g/mol. The zero-order chi connectivity index (χ0) is 23.2. The van der Waals surface area contributed by atoms with E-state index >= 15 is 0 Å². The normalized spacial score (nSPS) is 21.0. The van der Waals surface area contributed by atoms with Gasteiger partial charge in [-0.2, -0.15) is 0 Å². The second-order valence-electron chi connectivity index (χ2n) is 9.26. The summed E-state index contributed by atoms with van der Waals surface area (Å²) >= 11 is 0. The Morgan fingerprint density at radius 2 is 1.85 bits per heavy atom. The first-order valence-corrected chi connectivity index (χ1v) is 12.2. The van der Waals surface area contributed by atoms with Crippen LogP contribution in [0.5, 0.6) is 0 Å². The van der Waals surface area contributed by atoms with Crippen LogP contribution in [0.25, 0.3) is 0 Å². The third kappa shape index (κ3) is 5.40. The standard InChI is InChI=1S/C24H35N7O2/c1-17(25-2)23(32)26-21(19-12-7-4-8-13-19)24(33)30-15-9-14-20(30)22-27-28-29-31(22)16-18-10-5-3-6-11-18/h3,5-6,10-11,17,19-21,25H,4,7-9,12-16H2,1-2H3,(H,26,32)/t17-,20-,21-/m0/s1. The predicted octanol–water partition coefficient (Wildman–Crippen LogP) is 2.06. The molecule has 1 saturated carbocycles. The van der Waals surface area contributed by atoms with Gasteiger partial charge in [0.2, 0.25) is 11.8 Å². The highest BCUT2D eigenvalue weighted by molar-refractivity contribution is 5.90. The summed E-state index contributed by atoms with van der Waals surface area (Å²) < 4.78 is 1.79. The lowest BCUT2D eigenvalue weighted by Gasteiger charge is -2.35. The molecule has 9 nitrogen and oxygen atoms in total. The van der Waals surface area contributed by atoms with Gasteiger partial charge in [-0.25, -0.2) is 4.68 Å². The molecule has 0 radical (unpaired) electrons. The summed E-state index contributed by atoms with van der Waals surface area (Å²) in [5.74, 6) is 0.740. The van der Waals surface area contributed by atoms with Crippen molar-refractivity contribution in [3.63, 3.8) is 0 Å². The van der Waals surface area contributed by atoms with Crippen LogP contribution in [-0.4, -0.2) is 62.6 Å². The van der Waals surface area contributed by atoms with Gasteiger partial charge < -0.3 is 15.5 Å². The second-order valence-corrected chi connectivity index (χ2v) is 9.26. The zero-order valence-electron chi connectivity index (χ0n) is 19.6. The lowest BCUT2D eigenvalue weighted by Crippen LogP contribution is -2.55. The second kappa shape index (κ2) is 10.9. The highest BCUT2D eigenvalue weighted by Gasteiger charge is 2.40. The van der Waals surface area contributed by atoms with Crippen LogP contribution in [0.15, 0.2) is 30.3 Å². The number of likely N-dealkylation sites (tertiary alicyclic amines) is 1. The first-order chi connectivity index (χ1) is 16.1. The van der Waals surface area contributed by atoms with Crippen LogP contribution in [0.3, 0.4) is 0 Å². The molecule has 1 saturated heterocycles. The maximum absolute atomic E-state index is 13.9. The molecule has 2 aliphatic rings. The number of aromatic nitrogens is 4. The molecule has 1 aromatic carbocycles. The first kappa shape index (κ1) is 23.4. The van der Waals surface area contributed by atoms with Crippen LogP contribution >= 0.6 is 0 Å². The topological polar surface area (TPSA) is 105 Å². The molecule has 33 heavy (non-hydrogen) atoms. The molecular weight excluding hydrogens is 418 g/mol. The number of hydrogen-bond donors (Lipinski definition) is 2. The van der Waals surface area contributed by atoms with Crippen LogP contribution in [0.2, 0.25) is 0 Å². The van der Waals surface area contributed by atoms with Gasteiger partial charge in [-0.3, -0.25) is 9.59 Å². The molecule has 4 rings (SSSR count). The van der Waals surface area contributed by atoms with Crippen molar-refractivity contribution < 1.29 is 9.59 Å². The van der Waals surface area contributed by atoms with Crippen molar-refractivity contribution >= 4 is 11.8 Å². The number of tetrazole rings is 1. The molecule has 2 amide bonds. The Kier molecular flexibility index (Phi) is 7.69. The summed E-state index contributed by atoms with van der Waals surface area (Å²) in [6.07, 6.45) is 7.05. The average molecular weight is 454 g/mol. The minimum absolute atomic E-state index is 0.00434. The Bertz CT molecular complexity index is 926. The summed E-state index contributed by atoms with van der Waals surface area (Å²) in [4.78, 5) is 28.5. The fourth-order valence-corrected chi connectivity index (χ4v) is 5.05. The molecule has 1 aliphatic carbocycles.